The van der Waals surface area contributed by atoms with Crippen LogP contribution in [0.5, 0.6) is 0 Å². The van der Waals surface area contributed by atoms with Gasteiger partial charge in [0.05, 0.1) is 19.5 Å². The fourth-order valence-electron chi connectivity index (χ4n) is 3.48. The van der Waals surface area contributed by atoms with Gasteiger partial charge in [0.2, 0.25) is 29.5 Å². The first-order chi connectivity index (χ1) is 16.5. The smallest absolute Gasteiger partial charge is 0.326 e. The minimum absolute atomic E-state index is 0.147. The molecule has 12 N–H and O–H groups in total. The van der Waals surface area contributed by atoms with Crippen LogP contribution in [0, 0.1) is 5.41 Å². The van der Waals surface area contributed by atoms with Crippen LogP contribution in [-0.2, 0) is 28.8 Å². The molecule has 0 aromatic carbocycles. The third-order valence-electron chi connectivity index (χ3n) is 5.10. The van der Waals surface area contributed by atoms with Crippen LogP contribution >= 0.6 is 0 Å². The number of carboxylic acids is 1. The number of rotatable bonds is 14. The van der Waals surface area contributed by atoms with Crippen molar-refractivity contribution in [3.8, 4) is 0 Å². The second-order valence-electron chi connectivity index (χ2n) is 7.84. The minimum Gasteiger partial charge on any atom is -0.480 e. The Hall–Kier alpha value is -3.95. The Morgan fingerprint density at radius 2 is 1.69 bits per heavy atom. The highest BCUT2D eigenvalue weighted by Gasteiger charge is 2.38. The third kappa shape index (κ3) is 10.2. The molecular formula is C19H33N9O7. The molecule has 0 radical (unpaired) electrons. The van der Waals surface area contributed by atoms with E-state index < -0.39 is 66.6 Å². The van der Waals surface area contributed by atoms with E-state index in [1.165, 1.54) is 0 Å². The van der Waals surface area contributed by atoms with Crippen molar-refractivity contribution < 1.29 is 33.9 Å². The second kappa shape index (κ2) is 14.3. The first-order valence-corrected chi connectivity index (χ1v) is 10.9. The van der Waals surface area contributed by atoms with Crippen molar-refractivity contribution in [3.05, 3.63) is 0 Å². The van der Waals surface area contributed by atoms with Crippen molar-refractivity contribution in [1.29, 1.82) is 5.41 Å². The number of carbonyl (C=O) groups is 6. The molecule has 1 fully saturated rings. The number of nitrogens with one attached hydrogen (secondary N) is 5. The molecule has 1 aliphatic rings. The highest BCUT2D eigenvalue weighted by molar-refractivity contribution is 5.95. The molecule has 1 saturated heterocycles. The van der Waals surface area contributed by atoms with Gasteiger partial charge < -0.3 is 48.5 Å². The number of amides is 5. The number of primary amides is 1. The lowest BCUT2D eigenvalue weighted by Crippen LogP contribution is -2.55. The summed E-state index contributed by atoms with van der Waals surface area (Å²) in [6.45, 7) is -0.535. The van der Waals surface area contributed by atoms with Gasteiger partial charge in [0, 0.05) is 13.1 Å². The molecule has 5 amide bonds. The highest BCUT2D eigenvalue weighted by Crippen LogP contribution is 2.19. The van der Waals surface area contributed by atoms with E-state index in [1.807, 2.05) is 0 Å². The lowest BCUT2D eigenvalue weighted by molar-refractivity contribution is -0.149. The molecule has 16 heteroatoms. The highest BCUT2D eigenvalue weighted by atomic mass is 16.4. The van der Waals surface area contributed by atoms with Gasteiger partial charge in [-0.3, -0.25) is 29.4 Å². The largest absolute Gasteiger partial charge is 0.480 e. The zero-order valence-electron chi connectivity index (χ0n) is 19.2. The minimum atomic E-state index is -1.40. The van der Waals surface area contributed by atoms with Crippen LogP contribution in [0.2, 0.25) is 0 Å². The lowest BCUT2D eigenvalue weighted by Gasteiger charge is -2.27. The fourth-order valence-corrected chi connectivity index (χ4v) is 3.48. The van der Waals surface area contributed by atoms with E-state index in [0.717, 1.165) is 4.90 Å². The third-order valence-corrected chi connectivity index (χ3v) is 5.10. The molecule has 0 bridgehead atoms. The van der Waals surface area contributed by atoms with E-state index in [9.17, 15) is 33.9 Å². The van der Waals surface area contributed by atoms with Crippen molar-refractivity contribution in [2.45, 2.75) is 50.2 Å². The first-order valence-electron chi connectivity index (χ1n) is 10.9. The average Bonchev–Trinajstić information content (AvgIpc) is 3.28. The fraction of sp³-hybridized carbons (Fsp3) is 0.632. The number of nitrogens with two attached hydrogens (primary N) is 3. The van der Waals surface area contributed by atoms with Crippen LogP contribution in [0.25, 0.3) is 0 Å². The Balaban J connectivity index is 2.73. The predicted octanol–water partition coefficient (Wildman–Crippen LogP) is -4.75. The maximum absolute atomic E-state index is 12.8. The molecule has 0 saturated carbocycles. The van der Waals surface area contributed by atoms with E-state index in [0.29, 0.717) is 12.8 Å². The van der Waals surface area contributed by atoms with Crippen molar-refractivity contribution in [1.82, 2.24) is 26.2 Å². The van der Waals surface area contributed by atoms with Crippen LogP contribution in [0.3, 0.4) is 0 Å². The van der Waals surface area contributed by atoms with Crippen LogP contribution in [0.15, 0.2) is 0 Å². The number of guanidine groups is 1. The van der Waals surface area contributed by atoms with E-state index in [2.05, 4.69) is 21.3 Å². The molecule has 1 aliphatic heterocycles. The first kappa shape index (κ1) is 29.1. The molecule has 1 rings (SSSR count). The number of hydrogen-bond donors (Lipinski definition) is 9. The summed E-state index contributed by atoms with van der Waals surface area (Å²) in [5.41, 5.74) is 15.6. The Labute approximate surface area is 201 Å². The topological polar surface area (TPSA) is 276 Å². The zero-order chi connectivity index (χ0) is 26.5. The molecular weight excluding hydrogens is 466 g/mol. The molecule has 0 spiro atoms. The van der Waals surface area contributed by atoms with Gasteiger partial charge in [-0.1, -0.05) is 0 Å². The van der Waals surface area contributed by atoms with Crippen LogP contribution in [-0.4, -0.2) is 95.8 Å². The van der Waals surface area contributed by atoms with E-state index in [-0.39, 0.29) is 38.4 Å². The number of carbonyl (C=O) groups excluding carboxylic acids is 5. The number of hydrogen-bond acceptors (Lipinski definition) is 8. The quantitative estimate of drug-likeness (QED) is 0.0625. The van der Waals surface area contributed by atoms with Gasteiger partial charge in [0.1, 0.15) is 18.1 Å². The summed E-state index contributed by atoms with van der Waals surface area (Å²) < 4.78 is 0. The van der Waals surface area contributed by atoms with Crippen LogP contribution in [0.4, 0.5) is 0 Å². The molecule has 35 heavy (non-hydrogen) atoms. The summed E-state index contributed by atoms with van der Waals surface area (Å²) in [4.78, 5) is 73.2. The normalized spacial score (nSPS) is 16.5. The predicted molar refractivity (Wildman–Crippen MR) is 121 cm³/mol. The molecule has 16 nitrogen and oxygen atoms in total. The van der Waals surface area contributed by atoms with Crippen molar-refractivity contribution in [2.75, 3.05) is 26.2 Å². The number of carboxylic acid groups (broad SMARTS) is 1. The lowest BCUT2D eigenvalue weighted by atomic mass is 10.1. The molecule has 1 heterocycles. The van der Waals surface area contributed by atoms with Crippen molar-refractivity contribution in [2.24, 2.45) is 17.2 Å². The Morgan fingerprint density at radius 3 is 2.26 bits per heavy atom. The average molecular weight is 500 g/mol. The molecule has 196 valence electrons. The number of nitrogens with zero attached hydrogens (tertiary/aromatic N) is 1. The summed E-state index contributed by atoms with van der Waals surface area (Å²) >= 11 is 0. The Bertz CT molecular complexity index is 835. The summed E-state index contributed by atoms with van der Waals surface area (Å²) in [6.07, 6.45) is 0.637. The second-order valence-corrected chi connectivity index (χ2v) is 7.84. The summed E-state index contributed by atoms with van der Waals surface area (Å²) in [5.74, 6) is -5.23. The number of likely N-dealkylation sites (tertiary alicyclic amines) is 1. The molecule has 0 aliphatic carbocycles. The molecule has 0 unspecified atom stereocenters. The zero-order valence-corrected chi connectivity index (χ0v) is 19.2. The van der Waals surface area contributed by atoms with Gasteiger partial charge in [-0.2, -0.15) is 0 Å². The van der Waals surface area contributed by atoms with Gasteiger partial charge in [0.25, 0.3) is 0 Å². The van der Waals surface area contributed by atoms with Gasteiger partial charge in [-0.25, -0.2) is 4.79 Å². The maximum Gasteiger partial charge on any atom is 0.326 e. The SMILES string of the molecule is N=C(N)NCCC[C@H](NC(=O)CN)C(=O)NCC(=O)N[C@@H](CC(N)=O)C(=O)N1CCC[C@H]1C(=O)O. The molecule has 0 aromatic rings. The van der Waals surface area contributed by atoms with Gasteiger partial charge in [-0.15, -0.1) is 0 Å². The van der Waals surface area contributed by atoms with Gasteiger partial charge in [-0.05, 0) is 25.7 Å². The molecule has 0 aromatic heterocycles. The van der Waals surface area contributed by atoms with Crippen LogP contribution < -0.4 is 38.5 Å². The monoisotopic (exact) mass is 499 g/mol. The summed E-state index contributed by atoms with van der Waals surface area (Å²) in [5, 5.41) is 26.0. The van der Waals surface area contributed by atoms with Crippen molar-refractivity contribution in [3.63, 3.8) is 0 Å². The van der Waals surface area contributed by atoms with Crippen molar-refractivity contribution >= 4 is 41.5 Å². The van der Waals surface area contributed by atoms with Gasteiger partial charge in [0.15, 0.2) is 5.96 Å². The van der Waals surface area contributed by atoms with Gasteiger partial charge >= 0.3 is 5.97 Å². The number of aliphatic carboxylic acids is 1. The summed E-state index contributed by atoms with van der Waals surface area (Å²) in [7, 11) is 0. The van der Waals surface area contributed by atoms with E-state index in [1.54, 1.807) is 0 Å². The Kier molecular flexibility index (Phi) is 11.9. The maximum atomic E-state index is 12.8. The van der Waals surface area contributed by atoms with Crippen LogP contribution in [0.1, 0.15) is 32.1 Å². The van der Waals surface area contributed by atoms with E-state index >= 15 is 0 Å². The summed E-state index contributed by atoms with van der Waals surface area (Å²) in [6, 6.07) is -3.50. The Morgan fingerprint density at radius 1 is 1.03 bits per heavy atom. The molecule has 3 atom stereocenters. The standard InChI is InChI=1S/C19H33N9O7/c20-8-14(30)26-10(3-1-5-24-19(22)23)16(32)25-9-15(31)27-11(7-13(21)29)17(33)28-6-2-4-12(28)18(34)35/h10-12H,1-9,20H2,(H2,21,29)(H,25,32)(H,26,30)(H,27,31)(H,34,35)(H4,22,23,24)/t10-,11-,12-/m0/s1. The van der Waals surface area contributed by atoms with E-state index in [4.69, 9.17) is 22.6 Å².